The van der Waals surface area contributed by atoms with Gasteiger partial charge in [0.1, 0.15) is 5.82 Å². The van der Waals surface area contributed by atoms with Gasteiger partial charge in [-0.15, -0.1) is 0 Å². The predicted octanol–water partition coefficient (Wildman–Crippen LogP) is 5.19. The summed E-state index contributed by atoms with van der Waals surface area (Å²) in [5.41, 5.74) is 4.18. The first-order valence-electron chi connectivity index (χ1n) is 9.50. The van der Waals surface area contributed by atoms with E-state index in [1.807, 2.05) is 31.2 Å². The van der Waals surface area contributed by atoms with Crippen LogP contribution in [0, 0.1) is 5.82 Å². The quantitative estimate of drug-likeness (QED) is 0.670. The molecule has 1 aliphatic heterocycles. The average Bonchev–Trinajstić information content (AvgIpc) is 2.69. The molecule has 0 unspecified atom stereocenters. The SMILES string of the molecule is CC1=C(C(=O)Nc2ccc(F)cc2)[C@H](c2cccc(Br)c2)C2=C(CCCC2=O)N1. The molecule has 148 valence electrons. The van der Waals surface area contributed by atoms with Crippen molar-refractivity contribution >= 4 is 33.3 Å². The summed E-state index contributed by atoms with van der Waals surface area (Å²) in [6.45, 7) is 1.85. The maximum Gasteiger partial charge on any atom is 0.254 e. The molecule has 0 aromatic heterocycles. The van der Waals surface area contributed by atoms with Gasteiger partial charge in [-0.05, 0) is 61.7 Å². The van der Waals surface area contributed by atoms with E-state index in [0.29, 0.717) is 23.3 Å². The molecule has 0 saturated heterocycles. The molecule has 0 radical (unpaired) electrons. The topological polar surface area (TPSA) is 58.2 Å². The second kappa shape index (κ2) is 7.95. The minimum absolute atomic E-state index is 0.0725. The maximum atomic E-state index is 13.3. The van der Waals surface area contributed by atoms with Crippen LogP contribution in [-0.2, 0) is 9.59 Å². The van der Waals surface area contributed by atoms with Crippen LogP contribution >= 0.6 is 15.9 Å². The lowest BCUT2D eigenvalue weighted by molar-refractivity contribution is -0.116. The summed E-state index contributed by atoms with van der Waals surface area (Å²) < 4.78 is 14.1. The molecular formula is C23H20BrFN2O2. The number of ketones is 1. The molecule has 4 nitrogen and oxygen atoms in total. The van der Waals surface area contributed by atoms with Gasteiger partial charge in [0, 0.05) is 45.0 Å². The van der Waals surface area contributed by atoms with E-state index in [4.69, 9.17) is 0 Å². The molecule has 0 saturated carbocycles. The van der Waals surface area contributed by atoms with Crippen molar-refractivity contribution in [1.29, 1.82) is 0 Å². The van der Waals surface area contributed by atoms with E-state index in [0.717, 1.165) is 34.3 Å². The molecular weight excluding hydrogens is 435 g/mol. The number of hydrogen-bond donors (Lipinski definition) is 2. The first-order valence-corrected chi connectivity index (χ1v) is 10.3. The van der Waals surface area contributed by atoms with E-state index in [9.17, 15) is 14.0 Å². The van der Waals surface area contributed by atoms with Crippen molar-refractivity contribution in [3.8, 4) is 0 Å². The normalized spacial score (nSPS) is 19.0. The van der Waals surface area contributed by atoms with Gasteiger partial charge in [-0.1, -0.05) is 28.1 Å². The first kappa shape index (κ1) is 19.6. The summed E-state index contributed by atoms with van der Waals surface area (Å²) in [6.07, 6.45) is 2.08. The van der Waals surface area contributed by atoms with E-state index in [2.05, 4.69) is 26.6 Å². The highest BCUT2D eigenvalue weighted by atomic mass is 79.9. The number of rotatable bonds is 3. The van der Waals surface area contributed by atoms with Crippen molar-refractivity contribution < 1.29 is 14.0 Å². The predicted molar refractivity (Wildman–Crippen MR) is 114 cm³/mol. The Balaban J connectivity index is 1.78. The molecule has 4 rings (SSSR count). The van der Waals surface area contributed by atoms with Crippen LogP contribution in [0.3, 0.4) is 0 Å². The largest absolute Gasteiger partial charge is 0.362 e. The lowest BCUT2D eigenvalue weighted by Crippen LogP contribution is -2.35. The monoisotopic (exact) mass is 454 g/mol. The number of halogens is 2. The number of allylic oxidation sites excluding steroid dienone is 3. The second-order valence-electron chi connectivity index (χ2n) is 7.28. The minimum atomic E-state index is -0.447. The fraction of sp³-hybridized carbons (Fsp3) is 0.217. The Morgan fingerprint density at radius 3 is 2.66 bits per heavy atom. The van der Waals surface area contributed by atoms with E-state index >= 15 is 0 Å². The Hall–Kier alpha value is -2.73. The van der Waals surface area contributed by atoms with Crippen LogP contribution < -0.4 is 10.6 Å². The van der Waals surface area contributed by atoms with Crippen molar-refractivity contribution in [2.24, 2.45) is 0 Å². The molecule has 0 bridgehead atoms. The van der Waals surface area contributed by atoms with Gasteiger partial charge < -0.3 is 10.6 Å². The molecule has 2 N–H and O–H groups in total. The van der Waals surface area contributed by atoms with Gasteiger partial charge in [0.05, 0.1) is 0 Å². The molecule has 1 heterocycles. The summed E-state index contributed by atoms with van der Waals surface area (Å²) in [6, 6.07) is 13.3. The van der Waals surface area contributed by atoms with Crippen LogP contribution in [0.4, 0.5) is 10.1 Å². The van der Waals surface area contributed by atoms with Crippen molar-refractivity contribution in [2.45, 2.75) is 32.1 Å². The number of dihydropyridines is 1. The summed E-state index contributed by atoms with van der Waals surface area (Å²) >= 11 is 3.50. The number of benzene rings is 2. The standard InChI is InChI=1S/C23H20BrFN2O2/c1-13-20(23(29)27-17-10-8-16(25)9-11-17)21(14-4-2-5-15(24)12-14)22-18(26-13)6-3-7-19(22)28/h2,4-5,8-12,21,26H,3,6-7H2,1H3,(H,27,29)/t21-/m0/s1. The maximum absolute atomic E-state index is 13.3. The highest BCUT2D eigenvalue weighted by Gasteiger charge is 2.38. The zero-order valence-electron chi connectivity index (χ0n) is 15.9. The lowest BCUT2D eigenvalue weighted by atomic mass is 9.75. The number of Topliss-reactive ketones (excluding diaryl/α,β-unsaturated/α-hetero) is 1. The van der Waals surface area contributed by atoms with Gasteiger partial charge in [-0.2, -0.15) is 0 Å². The van der Waals surface area contributed by atoms with E-state index < -0.39 is 5.92 Å². The molecule has 29 heavy (non-hydrogen) atoms. The summed E-state index contributed by atoms with van der Waals surface area (Å²) in [4.78, 5) is 26.1. The first-order chi connectivity index (χ1) is 13.9. The zero-order chi connectivity index (χ0) is 20.5. The number of carbonyl (C=O) groups is 2. The second-order valence-corrected chi connectivity index (χ2v) is 8.20. The Kier molecular flexibility index (Phi) is 5.37. The minimum Gasteiger partial charge on any atom is -0.362 e. The molecule has 1 atom stereocenters. The third kappa shape index (κ3) is 3.90. The third-order valence-corrected chi connectivity index (χ3v) is 5.80. The van der Waals surface area contributed by atoms with E-state index in [-0.39, 0.29) is 17.5 Å². The zero-order valence-corrected chi connectivity index (χ0v) is 17.5. The van der Waals surface area contributed by atoms with Crippen LogP contribution in [-0.4, -0.2) is 11.7 Å². The highest BCUT2D eigenvalue weighted by Crippen LogP contribution is 2.42. The van der Waals surface area contributed by atoms with Crippen LogP contribution in [0.1, 0.15) is 37.7 Å². The molecule has 0 spiro atoms. The van der Waals surface area contributed by atoms with Gasteiger partial charge in [0.15, 0.2) is 5.78 Å². The van der Waals surface area contributed by atoms with Gasteiger partial charge in [0.25, 0.3) is 5.91 Å². The molecule has 2 aliphatic rings. The van der Waals surface area contributed by atoms with Crippen LogP contribution in [0.15, 0.2) is 75.5 Å². The van der Waals surface area contributed by atoms with Crippen molar-refractivity contribution in [3.63, 3.8) is 0 Å². The van der Waals surface area contributed by atoms with Gasteiger partial charge in [-0.3, -0.25) is 9.59 Å². The number of carbonyl (C=O) groups excluding carboxylic acids is 2. The Morgan fingerprint density at radius 1 is 1.17 bits per heavy atom. The van der Waals surface area contributed by atoms with Gasteiger partial charge in [-0.25, -0.2) is 4.39 Å². The Morgan fingerprint density at radius 2 is 1.93 bits per heavy atom. The summed E-state index contributed by atoms with van der Waals surface area (Å²) in [7, 11) is 0. The Bertz CT molecular complexity index is 1060. The Labute approximate surface area is 177 Å². The van der Waals surface area contributed by atoms with Crippen molar-refractivity contribution in [1.82, 2.24) is 5.32 Å². The number of anilines is 1. The summed E-state index contributed by atoms with van der Waals surface area (Å²) in [5, 5.41) is 6.14. The molecule has 2 aromatic rings. The van der Waals surface area contributed by atoms with Gasteiger partial charge in [0.2, 0.25) is 0 Å². The fourth-order valence-electron chi connectivity index (χ4n) is 4.04. The smallest absolute Gasteiger partial charge is 0.254 e. The lowest BCUT2D eigenvalue weighted by Gasteiger charge is -2.34. The molecule has 6 heteroatoms. The summed E-state index contributed by atoms with van der Waals surface area (Å²) in [5.74, 6) is -1.05. The number of nitrogens with one attached hydrogen (secondary N) is 2. The van der Waals surface area contributed by atoms with E-state index in [1.165, 1.54) is 24.3 Å². The van der Waals surface area contributed by atoms with Crippen LogP contribution in [0.2, 0.25) is 0 Å². The highest BCUT2D eigenvalue weighted by molar-refractivity contribution is 9.10. The average molecular weight is 455 g/mol. The third-order valence-electron chi connectivity index (χ3n) is 5.30. The molecule has 1 aliphatic carbocycles. The van der Waals surface area contributed by atoms with Crippen LogP contribution in [0.25, 0.3) is 0 Å². The number of amides is 1. The molecule has 0 fully saturated rings. The van der Waals surface area contributed by atoms with Crippen molar-refractivity contribution in [3.05, 3.63) is 86.9 Å². The van der Waals surface area contributed by atoms with Crippen molar-refractivity contribution in [2.75, 3.05) is 5.32 Å². The van der Waals surface area contributed by atoms with Crippen LogP contribution in [0.5, 0.6) is 0 Å². The molecule has 1 amide bonds. The molecule has 2 aromatic carbocycles. The fourth-order valence-corrected chi connectivity index (χ4v) is 4.45. The van der Waals surface area contributed by atoms with Gasteiger partial charge >= 0.3 is 0 Å². The number of hydrogen-bond acceptors (Lipinski definition) is 3. The van der Waals surface area contributed by atoms with E-state index in [1.54, 1.807) is 0 Å².